The summed E-state index contributed by atoms with van der Waals surface area (Å²) in [6.45, 7) is 10.7. The normalized spacial score (nSPS) is 16.6. The van der Waals surface area contributed by atoms with Gasteiger partial charge in [-0.2, -0.15) is 0 Å². The van der Waals surface area contributed by atoms with Gasteiger partial charge in [-0.05, 0) is 25.0 Å². The average molecular weight is 304 g/mol. The molecule has 22 heavy (non-hydrogen) atoms. The summed E-state index contributed by atoms with van der Waals surface area (Å²) in [5, 5.41) is 6.75. The first-order valence-corrected chi connectivity index (χ1v) is 8.00. The van der Waals surface area contributed by atoms with Crippen LogP contribution in [0.1, 0.15) is 16.7 Å². The Labute approximate surface area is 133 Å². The van der Waals surface area contributed by atoms with Crippen LogP contribution in [0.2, 0.25) is 0 Å². The van der Waals surface area contributed by atoms with E-state index in [2.05, 4.69) is 52.6 Å². The zero-order valence-electron chi connectivity index (χ0n) is 14.0. The topological polar surface area (TPSA) is 48.9 Å². The van der Waals surface area contributed by atoms with Crippen molar-refractivity contribution in [3.05, 3.63) is 34.9 Å². The van der Waals surface area contributed by atoms with Gasteiger partial charge < -0.3 is 15.4 Å². The van der Waals surface area contributed by atoms with Gasteiger partial charge in [0.25, 0.3) is 0 Å². The van der Waals surface area contributed by atoms with Crippen molar-refractivity contribution in [2.45, 2.75) is 20.4 Å². The highest BCUT2D eigenvalue weighted by Crippen LogP contribution is 2.09. The van der Waals surface area contributed by atoms with Crippen LogP contribution in [0.15, 0.2) is 23.2 Å². The van der Waals surface area contributed by atoms with Gasteiger partial charge in [-0.15, -0.1) is 0 Å². The number of morpholine rings is 1. The maximum atomic E-state index is 5.36. The van der Waals surface area contributed by atoms with Gasteiger partial charge in [0.1, 0.15) is 0 Å². The monoisotopic (exact) mass is 304 g/mol. The van der Waals surface area contributed by atoms with Crippen LogP contribution in [0.5, 0.6) is 0 Å². The van der Waals surface area contributed by atoms with Gasteiger partial charge in [0.15, 0.2) is 5.96 Å². The third-order valence-electron chi connectivity index (χ3n) is 3.99. The summed E-state index contributed by atoms with van der Waals surface area (Å²) < 4.78 is 5.36. The van der Waals surface area contributed by atoms with Gasteiger partial charge in [0, 0.05) is 39.8 Å². The quantitative estimate of drug-likeness (QED) is 0.636. The number of rotatable bonds is 5. The molecule has 0 unspecified atom stereocenters. The minimum atomic E-state index is 0.795. The SMILES string of the molecule is CN=C(NCCN1CCOCC1)NCc1ccc(C)cc1C. The van der Waals surface area contributed by atoms with E-state index < -0.39 is 0 Å². The van der Waals surface area contributed by atoms with Crippen LogP contribution in [0.4, 0.5) is 0 Å². The lowest BCUT2D eigenvalue weighted by Gasteiger charge is -2.26. The number of ether oxygens (including phenoxy) is 1. The van der Waals surface area contributed by atoms with Gasteiger partial charge >= 0.3 is 0 Å². The highest BCUT2D eigenvalue weighted by Gasteiger charge is 2.09. The molecule has 1 fully saturated rings. The minimum absolute atomic E-state index is 0.795. The molecule has 1 aliphatic rings. The highest BCUT2D eigenvalue weighted by atomic mass is 16.5. The molecule has 0 amide bonds. The Kier molecular flexibility index (Phi) is 6.68. The Morgan fingerprint density at radius 3 is 2.68 bits per heavy atom. The molecule has 1 aromatic carbocycles. The van der Waals surface area contributed by atoms with E-state index >= 15 is 0 Å². The summed E-state index contributed by atoms with van der Waals surface area (Å²) in [5.74, 6) is 0.855. The fraction of sp³-hybridized carbons (Fsp3) is 0.588. The summed E-state index contributed by atoms with van der Waals surface area (Å²) in [6.07, 6.45) is 0. The molecule has 0 spiro atoms. The maximum absolute atomic E-state index is 5.36. The predicted molar refractivity (Wildman–Crippen MR) is 91.4 cm³/mol. The van der Waals surface area contributed by atoms with Crippen molar-refractivity contribution < 1.29 is 4.74 Å². The molecular weight excluding hydrogens is 276 g/mol. The molecule has 2 rings (SSSR count). The van der Waals surface area contributed by atoms with Crippen LogP contribution in [0, 0.1) is 13.8 Å². The molecule has 1 aliphatic heterocycles. The first-order chi connectivity index (χ1) is 10.7. The van der Waals surface area contributed by atoms with Crippen molar-refractivity contribution in [1.29, 1.82) is 0 Å². The molecular formula is C17H28N4O. The number of benzene rings is 1. The largest absolute Gasteiger partial charge is 0.379 e. The van der Waals surface area contributed by atoms with Crippen LogP contribution in [-0.2, 0) is 11.3 Å². The molecule has 0 bridgehead atoms. The molecule has 2 N–H and O–H groups in total. The van der Waals surface area contributed by atoms with Crippen LogP contribution in [0.3, 0.4) is 0 Å². The smallest absolute Gasteiger partial charge is 0.191 e. The van der Waals surface area contributed by atoms with Crippen LogP contribution in [-0.4, -0.2) is 57.3 Å². The molecule has 0 radical (unpaired) electrons. The number of nitrogens with one attached hydrogen (secondary N) is 2. The predicted octanol–water partition coefficient (Wildman–Crippen LogP) is 1.30. The second-order valence-electron chi connectivity index (χ2n) is 5.74. The van der Waals surface area contributed by atoms with Crippen LogP contribution in [0.25, 0.3) is 0 Å². The molecule has 5 heteroatoms. The molecule has 1 aromatic rings. The lowest BCUT2D eigenvalue weighted by atomic mass is 10.1. The first-order valence-electron chi connectivity index (χ1n) is 8.00. The van der Waals surface area contributed by atoms with Gasteiger partial charge in [-0.3, -0.25) is 9.89 Å². The number of guanidine groups is 1. The molecule has 0 atom stereocenters. The lowest BCUT2D eigenvalue weighted by molar-refractivity contribution is 0.0389. The van der Waals surface area contributed by atoms with Crippen molar-refractivity contribution in [1.82, 2.24) is 15.5 Å². The van der Waals surface area contributed by atoms with E-state index in [4.69, 9.17) is 4.74 Å². The zero-order chi connectivity index (χ0) is 15.8. The number of aryl methyl sites for hydroxylation is 2. The number of nitrogens with zero attached hydrogens (tertiary/aromatic N) is 2. The van der Waals surface area contributed by atoms with E-state index in [1.807, 2.05) is 7.05 Å². The molecule has 122 valence electrons. The Morgan fingerprint density at radius 2 is 2.00 bits per heavy atom. The van der Waals surface area contributed by atoms with Crippen molar-refractivity contribution in [2.24, 2.45) is 4.99 Å². The second kappa shape index (κ2) is 8.76. The molecule has 1 saturated heterocycles. The van der Waals surface area contributed by atoms with Gasteiger partial charge in [0.05, 0.1) is 13.2 Å². The van der Waals surface area contributed by atoms with Crippen molar-refractivity contribution in [3.8, 4) is 0 Å². The van der Waals surface area contributed by atoms with Crippen LogP contribution < -0.4 is 10.6 Å². The summed E-state index contributed by atoms with van der Waals surface area (Å²) in [7, 11) is 1.81. The molecule has 0 saturated carbocycles. The summed E-state index contributed by atoms with van der Waals surface area (Å²) in [4.78, 5) is 6.69. The minimum Gasteiger partial charge on any atom is -0.379 e. The van der Waals surface area contributed by atoms with Gasteiger partial charge in [-0.25, -0.2) is 0 Å². The van der Waals surface area contributed by atoms with Gasteiger partial charge in [0.2, 0.25) is 0 Å². The zero-order valence-corrected chi connectivity index (χ0v) is 14.0. The van der Waals surface area contributed by atoms with E-state index in [1.54, 1.807) is 0 Å². The fourth-order valence-corrected chi connectivity index (χ4v) is 2.60. The maximum Gasteiger partial charge on any atom is 0.191 e. The van der Waals surface area contributed by atoms with E-state index in [0.717, 1.165) is 51.9 Å². The third-order valence-corrected chi connectivity index (χ3v) is 3.99. The van der Waals surface area contributed by atoms with E-state index in [0.29, 0.717) is 0 Å². The fourth-order valence-electron chi connectivity index (χ4n) is 2.60. The second-order valence-corrected chi connectivity index (χ2v) is 5.74. The Bertz CT molecular complexity index is 495. The lowest BCUT2D eigenvalue weighted by Crippen LogP contribution is -2.44. The standard InChI is InChI=1S/C17H28N4O/c1-14-4-5-16(15(2)12-14)13-20-17(18-3)19-6-7-21-8-10-22-11-9-21/h4-5,12H,6-11,13H2,1-3H3,(H2,18,19,20). The van der Waals surface area contributed by atoms with Crippen LogP contribution >= 0.6 is 0 Å². The van der Waals surface area contributed by atoms with E-state index in [1.165, 1.54) is 16.7 Å². The highest BCUT2D eigenvalue weighted by molar-refractivity contribution is 5.79. The van der Waals surface area contributed by atoms with E-state index in [9.17, 15) is 0 Å². The Morgan fingerprint density at radius 1 is 1.23 bits per heavy atom. The summed E-state index contributed by atoms with van der Waals surface area (Å²) in [6, 6.07) is 6.54. The molecule has 5 nitrogen and oxygen atoms in total. The first kappa shape index (κ1) is 16.8. The number of hydrogen-bond donors (Lipinski definition) is 2. The Balaban J connectivity index is 1.72. The molecule has 1 heterocycles. The van der Waals surface area contributed by atoms with Gasteiger partial charge in [-0.1, -0.05) is 23.8 Å². The summed E-state index contributed by atoms with van der Waals surface area (Å²) in [5.41, 5.74) is 3.92. The van der Waals surface area contributed by atoms with Crippen molar-refractivity contribution in [3.63, 3.8) is 0 Å². The number of hydrogen-bond acceptors (Lipinski definition) is 3. The molecule has 0 aromatic heterocycles. The van der Waals surface area contributed by atoms with Crippen molar-refractivity contribution >= 4 is 5.96 Å². The average Bonchev–Trinajstić information content (AvgIpc) is 2.53. The number of aliphatic imine (C=N–C) groups is 1. The van der Waals surface area contributed by atoms with E-state index in [-0.39, 0.29) is 0 Å². The third kappa shape index (κ3) is 5.31. The summed E-state index contributed by atoms with van der Waals surface area (Å²) >= 11 is 0. The van der Waals surface area contributed by atoms with Crippen molar-refractivity contribution in [2.75, 3.05) is 46.4 Å². The molecule has 0 aliphatic carbocycles. The Hall–Kier alpha value is -1.59.